The SMILES string of the molecule is Cc1ccc(S(=O)(=O)Nc2nc3nc[nH]c3c(=O)[nH]2)cc1C(=O)O. The van der Waals surface area contributed by atoms with E-state index in [4.69, 9.17) is 5.11 Å². The number of benzene rings is 1. The summed E-state index contributed by atoms with van der Waals surface area (Å²) in [5, 5.41) is 9.09. The number of imidazole rings is 1. The lowest BCUT2D eigenvalue weighted by Crippen LogP contribution is -2.19. The predicted molar refractivity (Wildman–Crippen MR) is 83.5 cm³/mol. The number of hydrogen-bond acceptors (Lipinski definition) is 6. The van der Waals surface area contributed by atoms with Crippen molar-refractivity contribution >= 4 is 33.1 Å². The zero-order valence-electron chi connectivity index (χ0n) is 12.2. The van der Waals surface area contributed by atoms with Crippen LogP contribution in [0.15, 0.2) is 34.2 Å². The molecule has 0 unspecified atom stereocenters. The molecule has 0 bridgehead atoms. The minimum atomic E-state index is -4.14. The van der Waals surface area contributed by atoms with Gasteiger partial charge in [0.05, 0.1) is 16.8 Å². The van der Waals surface area contributed by atoms with Gasteiger partial charge in [0.2, 0.25) is 5.95 Å². The van der Waals surface area contributed by atoms with E-state index >= 15 is 0 Å². The lowest BCUT2D eigenvalue weighted by Gasteiger charge is -2.08. The molecule has 0 aliphatic rings. The van der Waals surface area contributed by atoms with Crippen LogP contribution >= 0.6 is 0 Å². The summed E-state index contributed by atoms with van der Waals surface area (Å²) in [6.45, 7) is 1.55. The van der Waals surface area contributed by atoms with Crippen LogP contribution in [0.25, 0.3) is 11.2 Å². The molecule has 0 fully saturated rings. The number of nitrogens with zero attached hydrogens (tertiary/aromatic N) is 2. The van der Waals surface area contributed by atoms with Gasteiger partial charge >= 0.3 is 5.97 Å². The molecule has 0 atom stereocenters. The second-order valence-electron chi connectivity index (χ2n) is 4.90. The first-order valence-corrected chi connectivity index (χ1v) is 8.06. The number of sulfonamides is 1. The van der Waals surface area contributed by atoms with Gasteiger partial charge in [-0.15, -0.1) is 0 Å². The summed E-state index contributed by atoms with van der Waals surface area (Å²) in [7, 11) is -4.14. The molecule has 11 heteroatoms. The van der Waals surface area contributed by atoms with Gasteiger partial charge < -0.3 is 10.1 Å². The number of aromatic carboxylic acids is 1. The number of H-pyrrole nitrogens is 2. The number of carboxylic acids is 1. The quantitative estimate of drug-likeness (QED) is 0.532. The fraction of sp³-hybridized carbons (Fsp3) is 0.0769. The van der Waals surface area contributed by atoms with E-state index in [-0.39, 0.29) is 27.6 Å². The van der Waals surface area contributed by atoms with Crippen LogP contribution in [0, 0.1) is 6.92 Å². The lowest BCUT2D eigenvalue weighted by atomic mass is 10.1. The van der Waals surface area contributed by atoms with Crippen molar-refractivity contribution in [2.24, 2.45) is 0 Å². The molecule has 2 aromatic heterocycles. The third-order valence-electron chi connectivity index (χ3n) is 3.28. The molecule has 0 aliphatic heterocycles. The van der Waals surface area contributed by atoms with Gasteiger partial charge in [0.15, 0.2) is 11.2 Å². The summed E-state index contributed by atoms with van der Waals surface area (Å²) in [6, 6.07) is 3.67. The number of carboxylic acid groups (broad SMARTS) is 1. The maximum absolute atomic E-state index is 12.4. The summed E-state index contributed by atoms with van der Waals surface area (Å²) in [4.78, 5) is 35.2. The lowest BCUT2D eigenvalue weighted by molar-refractivity contribution is 0.0696. The Morgan fingerprint density at radius 2 is 2.08 bits per heavy atom. The first-order valence-electron chi connectivity index (χ1n) is 6.58. The molecule has 0 spiro atoms. The molecule has 0 radical (unpaired) electrons. The molecule has 3 aromatic rings. The molecular weight excluding hydrogens is 338 g/mol. The van der Waals surface area contributed by atoms with E-state index in [1.165, 1.54) is 18.5 Å². The van der Waals surface area contributed by atoms with Gasteiger partial charge in [-0.25, -0.2) is 22.9 Å². The second kappa shape index (κ2) is 5.45. The van der Waals surface area contributed by atoms with Gasteiger partial charge in [0.25, 0.3) is 15.6 Å². The smallest absolute Gasteiger partial charge is 0.335 e. The van der Waals surface area contributed by atoms with Gasteiger partial charge in [-0.3, -0.25) is 9.78 Å². The average Bonchev–Trinajstić information content (AvgIpc) is 2.95. The Morgan fingerprint density at radius 1 is 1.33 bits per heavy atom. The zero-order chi connectivity index (χ0) is 17.5. The fourth-order valence-electron chi connectivity index (χ4n) is 2.08. The summed E-state index contributed by atoms with van der Waals surface area (Å²) < 4.78 is 26.9. The standard InChI is InChI=1S/C13H11N5O5S/c1-6-2-3-7(4-8(6)12(20)21)24(22,23)18-13-16-10-9(11(19)17-13)14-5-15-10/h2-5H,1H3,(H,20,21)(H3,14,15,16,17,18,19). The maximum Gasteiger partial charge on any atom is 0.335 e. The molecule has 124 valence electrons. The highest BCUT2D eigenvalue weighted by molar-refractivity contribution is 7.92. The van der Waals surface area contributed by atoms with Crippen LogP contribution in [-0.4, -0.2) is 39.4 Å². The number of nitrogens with one attached hydrogen (secondary N) is 3. The Labute approximate surface area is 134 Å². The summed E-state index contributed by atoms with van der Waals surface area (Å²) in [6.07, 6.45) is 1.25. The van der Waals surface area contributed by atoms with Crippen molar-refractivity contribution in [1.29, 1.82) is 0 Å². The van der Waals surface area contributed by atoms with Crippen molar-refractivity contribution < 1.29 is 18.3 Å². The Kier molecular flexibility index (Phi) is 3.56. The van der Waals surface area contributed by atoms with Gasteiger partial charge in [-0.2, -0.15) is 4.98 Å². The fourth-order valence-corrected chi connectivity index (χ4v) is 3.07. The Bertz CT molecular complexity index is 1120. The minimum Gasteiger partial charge on any atom is -0.478 e. The molecule has 0 amide bonds. The average molecular weight is 349 g/mol. The third-order valence-corrected chi connectivity index (χ3v) is 4.61. The van der Waals surface area contributed by atoms with E-state index < -0.39 is 21.6 Å². The number of carbonyl (C=O) groups is 1. The first-order chi connectivity index (χ1) is 11.3. The predicted octanol–water partition coefficient (Wildman–Crippen LogP) is 0.454. The van der Waals surface area contributed by atoms with Gasteiger partial charge in [0, 0.05) is 0 Å². The van der Waals surface area contributed by atoms with E-state index in [1.807, 2.05) is 0 Å². The molecule has 10 nitrogen and oxygen atoms in total. The normalized spacial score (nSPS) is 11.5. The second-order valence-corrected chi connectivity index (χ2v) is 6.59. The van der Waals surface area contributed by atoms with E-state index in [0.717, 1.165) is 6.07 Å². The van der Waals surface area contributed by atoms with Crippen molar-refractivity contribution in [1.82, 2.24) is 19.9 Å². The molecule has 2 heterocycles. The molecule has 1 aromatic carbocycles. The van der Waals surface area contributed by atoms with E-state index in [2.05, 4.69) is 24.7 Å². The van der Waals surface area contributed by atoms with Crippen molar-refractivity contribution in [3.8, 4) is 0 Å². The van der Waals surface area contributed by atoms with Crippen molar-refractivity contribution in [2.45, 2.75) is 11.8 Å². The van der Waals surface area contributed by atoms with Crippen molar-refractivity contribution in [3.05, 3.63) is 46.0 Å². The number of hydrogen-bond donors (Lipinski definition) is 4. The van der Waals surface area contributed by atoms with E-state index in [1.54, 1.807) is 6.92 Å². The van der Waals surface area contributed by atoms with Crippen LogP contribution in [0.4, 0.5) is 5.95 Å². The number of anilines is 1. The molecule has 3 rings (SSSR count). The number of aromatic amines is 2. The number of aromatic nitrogens is 4. The zero-order valence-corrected chi connectivity index (χ0v) is 13.0. The minimum absolute atomic E-state index is 0.0478. The van der Waals surface area contributed by atoms with Crippen LogP contribution in [0.2, 0.25) is 0 Å². The Hall–Kier alpha value is -3.21. The molecule has 0 saturated heterocycles. The van der Waals surface area contributed by atoms with Gasteiger partial charge in [-0.1, -0.05) is 6.07 Å². The van der Waals surface area contributed by atoms with Crippen LogP contribution < -0.4 is 10.3 Å². The van der Waals surface area contributed by atoms with E-state index in [9.17, 15) is 18.0 Å². The Balaban J connectivity index is 2.03. The molecular formula is C13H11N5O5S. The molecule has 0 aliphatic carbocycles. The Morgan fingerprint density at radius 3 is 2.79 bits per heavy atom. The monoisotopic (exact) mass is 349 g/mol. The molecule has 24 heavy (non-hydrogen) atoms. The summed E-state index contributed by atoms with van der Waals surface area (Å²) in [5.74, 6) is -1.56. The van der Waals surface area contributed by atoms with Gasteiger partial charge in [0.1, 0.15) is 0 Å². The first kappa shape index (κ1) is 15.7. The molecule has 4 N–H and O–H groups in total. The highest BCUT2D eigenvalue weighted by Gasteiger charge is 2.19. The topological polar surface area (TPSA) is 158 Å². The van der Waals surface area contributed by atoms with Crippen LogP contribution in [0.5, 0.6) is 0 Å². The van der Waals surface area contributed by atoms with Gasteiger partial charge in [-0.05, 0) is 24.6 Å². The number of fused-ring (bicyclic) bond motifs is 1. The maximum atomic E-state index is 12.4. The van der Waals surface area contributed by atoms with Crippen LogP contribution in [-0.2, 0) is 10.0 Å². The summed E-state index contributed by atoms with van der Waals surface area (Å²) in [5.41, 5.74) is -0.147. The van der Waals surface area contributed by atoms with Crippen molar-refractivity contribution in [2.75, 3.05) is 4.72 Å². The highest BCUT2D eigenvalue weighted by atomic mass is 32.2. The number of aryl methyl sites for hydroxylation is 1. The van der Waals surface area contributed by atoms with E-state index in [0.29, 0.717) is 5.56 Å². The number of rotatable bonds is 4. The van der Waals surface area contributed by atoms with Crippen molar-refractivity contribution in [3.63, 3.8) is 0 Å². The van der Waals surface area contributed by atoms with Crippen LogP contribution in [0.1, 0.15) is 15.9 Å². The highest BCUT2D eigenvalue weighted by Crippen LogP contribution is 2.18. The molecule has 0 saturated carbocycles. The third kappa shape index (κ3) is 2.72. The largest absolute Gasteiger partial charge is 0.478 e. The van der Waals surface area contributed by atoms with Crippen LogP contribution in [0.3, 0.4) is 0 Å². The summed E-state index contributed by atoms with van der Waals surface area (Å²) >= 11 is 0.